The standard InChI is InChI=1S/C29H31N5O3/c1-30-29(35)28(37-3)19-12-18(13-19)22-11-10-17(15-31-22)25-27-23(33-34-25)14-24(36-2)26(32-27)21-9-5-7-16-6-4-8-20(16)21/h5,7,9-11,14-15,18-19,28H,4,6,8,12-13H2,1-3H3,(H,30,35)(H,33,34). The highest BCUT2D eigenvalue weighted by atomic mass is 16.5. The van der Waals surface area contributed by atoms with Crippen LogP contribution in [0.1, 0.15) is 42.0 Å². The van der Waals surface area contributed by atoms with Crippen molar-refractivity contribution in [2.75, 3.05) is 21.3 Å². The molecule has 8 heteroatoms. The van der Waals surface area contributed by atoms with Crippen molar-refractivity contribution < 1.29 is 14.3 Å². The summed E-state index contributed by atoms with van der Waals surface area (Å²) in [6.45, 7) is 0. The van der Waals surface area contributed by atoms with Crippen LogP contribution in [0.2, 0.25) is 0 Å². The van der Waals surface area contributed by atoms with Gasteiger partial charge in [0.25, 0.3) is 0 Å². The number of nitrogens with one attached hydrogen (secondary N) is 2. The zero-order valence-electron chi connectivity index (χ0n) is 21.4. The first-order valence-electron chi connectivity index (χ1n) is 12.9. The van der Waals surface area contributed by atoms with Gasteiger partial charge in [-0.05, 0) is 61.3 Å². The normalized spacial score (nSPS) is 19.3. The van der Waals surface area contributed by atoms with E-state index in [0.717, 1.165) is 70.7 Å². The number of hydrogen-bond donors (Lipinski definition) is 2. The van der Waals surface area contributed by atoms with E-state index in [1.54, 1.807) is 21.3 Å². The smallest absolute Gasteiger partial charge is 0.249 e. The molecule has 2 aliphatic carbocycles. The second-order valence-corrected chi connectivity index (χ2v) is 9.98. The van der Waals surface area contributed by atoms with Crippen molar-refractivity contribution in [2.24, 2.45) is 5.92 Å². The van der Waals surface area contributed by atoms with E-state index in [0.29, 0.717) is 5.92 Å². The minimum atomic E-state index is -0.404. The fraction of sp³-hybridized carbons (Fsp3) is 0.379. The molecular formula is C29H31N5O3. The Morgan fingerprint density at radius 2 is 2.00 bits per heavy atom. The average Bonchev–Trinajstić information content (AvgIpc) is 3.56. The summed E-state index contributed by atoms with van der Waals surface area (Å²) in [5, 5.41) is 10.4. The van der Waals surface area contributed by atoms with Crippen molar-refractivity contribution in [3.05, 3.63) is 59.4 Å². The highest BCUT2D eigenvalue weighted by Crippen LogP contribution is 2.44. The number of benzene rings is 1. The summed E-state index contributed by atoms with van der Waals surface area (Å²) in [5.41, 5.74) is 9.11. The molecule has 1 unspecified atom stereocenters. The number of methoxy groups -OCH3 is 2. The molecule has 3 heterocycles. The number of likely N-dealkylation sites (N-methyl/N-ethyl adjacent to an activating group) is 1. The van der Waals surface area contributed by atoms with E-state index in [-0.39, 0.29) is 11.8 Å². The molecular weight excluding hydrogens is 466 g/mol. The molecule has 0 saturated heterocycles. The number of carbonyl (C=O) groups excluding carboxylic acids is 1. The molecule has 0 spiro atoms. The number of aromatic amines is 1. The molecule has 8 nitrogen and oxygen atoms in total. The van der Waals surface area contributed by atoms with Crippen LogP contribution in [0.3, 0.4) is 0 Å². The van der Waals surface area contributed by atoms with Gasteiger partial charge in [0.2, 0.25) is 5.91 Å². The quantitative estimate of drug-likeness (QED) is 0.391. The third-order valence-electron chi connectivity index (χ3n) is 7.96. The Bertz CT molecular complexity index is 1460. The van der Waals surface area contributed by atoms with Crippen molar-refractivity contribution >= 4 is 16.9 Å². The highest BCUT2D eigenvalue weighted by molar-refractivity contribution is 5.93. The van der Waals surface area contributed by atoms with Crippen LogP contribution < -0.4 is 10.1 Å². The number of rotatable bonds is 7. The molecule has 2 aliphatic rings. The zero-order chi connectivity index (χ0) is 25.5. The first-order valence-corrected chi connectivity index (χ1v) is 12.9. The van der Waals surface area contributed by atoms with Gasteiger partial charge in [0.15, 0.2) is 0 Å². The maximum Gasteiger partial charge on any atom is 0.249 e. The van der Waals surface area contributed by atoms with Crippen LogP contribution in [0.15, 0.2) is 42.6 Å². The van der Waals surface area contributed by atoms with Crippen LogP contribution in [0.4, 0.5) is 0 Å². The lowest BCUT2D eigenvalue weighted by atomic mass is 9.70. The van der Waals surface area contributed by atoms with E-state index in [4.69, 9.17) is 19.4 Å². The van der Waals surface area contributed by atoms with E-state index >= 15 is 0 Å². The first kappa shape index (κ1) is 23.6. The van der Waals surface area contributed by atoms with Gasteiger partial charge in [-0.1, -0.05) is 18.2 Å². The minimum absolute atomic E-state index is 0.0661. The molecule has 2 N–H and O–H groups in total. The molecule has 1 atom stereocenters. The molecule has 190 valence electrons. The molecule has 3 aromatic heterocycles. The Morgan fingerprint density at radius 1 is 1.14 bits per heavy atom. The van der Waals surface area contributed by atoms with E-state index in [2.05, 4.69) is 45.8 Å². The Morgan fingerprint density at radius 3 is 2.73 bits per heavy atom. The highest BCUT2D eigenvalue weighted by Gasteiger charge is 2.39. The Hall–Kier alpha value is -3.78. The van der Waals surface area contributed by atoms with Gasteiger partial charge in [-0.15, -0.1) is 0 Å². The third-order valence-corrected chi connectivity index (χ3v) is 7.96. The number of H-pyrrole nitrogens is 1. The van der Waals surface area contributed by atoms with Crippen LogP contribution in [-0.4, -0.2) is 53.4 Å². The maximum absolute atomic E-state index is 12.0. The van der Waals surface area contributed by atoms with Gasteiger partial charge < -0.3 is 14.8 Å². The number of aromatic nitrogens is 4. The fourth-order valence-corrected chi connectivity index (χ4v) is 5.91. The van der Waals surface area contributed by atoms with Crippen LogP contribution >= 0.6 is 0 Å². The van der Waals surface area contributed by atoms with Gasteiger partial charge in [0.05, 0.1) is 12.6 Å². The fourth-order valence-electron chi connectivity index (χ4n) is 5.91. The van der Waals surface area contributed by atoms with Crippen molar-refractivity contribution in [3.8, 4) is 28.3 Å². The summed E-state index contributed by atoms with van der Waals surface area (Å²) in [5.74, 6) is 1.21. The third kappa shape index (κ3) is 4.05. The predicted molar refractivity (Wildman–Crippen MR) is 141 cm³/mol. The average molecular weight is 498 g/mol. The second-order valence-electron chi connectivity index (χ2n) is 9.98. The molecule has 6 rings (SSSR count). The van der Waals surface area contributed by atoms with Gasteiger partial charge in [0.1, 0.15) is 28.8 Å². The number of amides is 1. The van der Waals surface area contributed by atoms with E-state index < -0.39 is 6.10 Å². The zero-order valence-corrected chi connectivity index (χ0v) is 21.4. The Balaban J connectivity index is 1.29. The largest absolute Gasteiger partial charge is 0.494 e. The molecule has 0 bridgehead atoms. The summed E-state index contributed by atoms with van der Waals surface area (Å²) >= 11 is 0. The van der Waals surface area contributed by atoms with Crippen molar-refractivity contribution in [3.63, 3.8) is 0 Å². The molecule has 0 radical (unpaired) electrons. The molecule has 1 fully saturated rings. The maximum atomic E-state index is 12.0. The van der Waals surface area contributed by atoms with Crippen molar-refractivity contribution in [1.29, 1.82) is 0 Å². The number of fused-ring (bicyclic) bond motifs is 2. The summed E-state index contributed by atoms with van der Waals surface area (Å²) < 4.78 is 11.2. The number of ether oxygens (including phenoxy) is 2. The number of pyridine rings is 2. The van der Waals surface area contributed by atoms with Crippen LogP contribution in [0.25, 0.3) is 33.5 Å². The number of nitrogens with zero attached hydrogens (tertiary/aromatic N) is 3. The number of carbonyl (C=O) groups is 1. The van der Waals surface area contributed by atoms with Crippen LogP contribution in [0.5, 0.6) is 5.75 Å². The van der Waals surface area contributed by atoms with Crippen molar-refractivity contribution in [2.45, 2.75) is 44.1 Å². The van der Waals surface area contributed by atoms with Gasteiger partial charge in [-0.25, -0.2) is 4.98 Å². The molecule has 1 amide bonds. The molecule has 1 aromatic carbocycles. The lowest BCUT2D eigenvalue weighted by Crippen LogP contribution is -2.43. The SMILES string of the molecule is CNC(=O)C(OC)C1CC(c2ccc(-c3n[nH]c4cc(OC)c(-c5cccc6c5CCC6)nc34)cn2)C1. The summed E-state index contributed by atoms with van der Waals surface area (Å²) in [7, 11) is 4.92. The van der Waals surface area contributed by atoms with E-state index in [1.165, 1.54) is 17.5 Å². The second kappa shape index (κ2) is 9.59. The van der Waals surface area contributed by atoms with Gasteiger partial charge >= 0.3 is 0 Å². The van der Waals surface area contributed by atoms with Crippen LogP contribution in [-0.2, 0) is 22.4 Å². The van der Waals surface area contributed by atoms with Gasteiger partial charge in [0, 0.05) is 49.2 Å². The Kier molecular flexibility index (Phi) is 6.12. The molecule has 4 aromatic rings. The van der Waals surface area contributed by atoms with E-state index in [9.17, 15) is 4.79 Å². The lowest BCUT2D eigenvalue weighted by molar-refractivity contribution is -0.136. The predicted octanol–water partition coefficient (Wildman–Crippen LogP) is 4.44. The summed E-state index contributed by atoms with van der Waals surface area (Å²) in [6.07, 6.45) is 6.59. The molecule has 37 heavy (non-hydrogen) atoms. The van der Waals surface area contributed by atoms with Gasteiger partial charge in [-0.2, -0.15) is 5.10 Å². The number of aryl methyl sites for hydroxylation is 1. The minimum Gasteiger partial charge on any atom is -0.494 e. The lowest BCUT2D eigenvalue weighted by Gasteiger charge is -2.38. The number of hydrogen-bond acceptors (Lipinski definition) is 6. The van der Waals surface area contributed by atoms with Gasteiger partial charge in [-0.3, -0.25) is 14.9 Å². The summed E-state index contributed by atoms with van der Waals surface area (Å²) in [4.78, 5) is 21.9. The van der Waals surface area contributed by atoms with E-state index in [1.807, 2.05) is 12.3 Å². The summed E-state index contributed by atoms with van der Waals surface area (Å²) in [6, 6.07) is 12.6. The van der Waals surface area contributed by atoms with Crippen LogP contribution in [0, 0.1) is 5.92 Å². The Labute approximate surface area is 215 Å². The topological polar surface area (TPSA) is 102 Å². The van der Waals surface area contributed by atoms with Crippen molar-refractivity contribution in [1.82, 2.24) is 25.5 Å². The molecule has 1 saturated carbocycles. The molecule has 0 aliphatic heterocycles. The monoisotopic (exact) mass is 497 g/mol. The first-order chi connectivity index (χ1) is 18.1.